The van der Waals surface area contributed by atoms with Gasteiger partial charge in [0.15, 0.2) is 0 Å². The molecule has 0 aliphatic rings. The van der Waals surface area contributed by atoms with Crippen molar-refractivity contribution in [3.05, 3.63) is 0 Å². The number of hydrogen-bond acceptors (Lipinski definition) is 5. The number of rotatable bonds is 9. The molecule has 5 nitrogen and oxygen atoms in total. The number of ether oxygens (including phenoxy) is 1. The van der Waals surface area contributed by atoms with Crippen LogP contribution in [0.25, 0.3) is 0 Å². The fourth-order valence-electron chi connectivity index (χ4n) is 1.14. The van der Waals surface area contributed by atoms with Gasteiger partial charge in [0, 0.05) is 13.7 Å². The molecule has 1 unspecified atom stereocenters. The van der Waals surface area contributed by atoms with Gasteiger partial charge in [-0.3, -0.25) is 4.79 Å². The van der Waals surface area contributed by atoms with E-state index < -0.39 is 12.1 Å². The molecule has 4 N–H and O–H groups in total. The minimum atomic E-state index is -0.535. The van der Waals surface area contributed by atoms with E-state index in [0.29, 0.717) is 19.4 Å². The Bertz CT molecular complexity index is 193. The lowest BCUT2D eigenvalue weighted by atomic mass is 10.2. The fraction of sp³-hybridized carbons (Fsp3) is 0.900. The van der Waals surface area contributed by atoms with Gasteiger partial charge in [0.2, 0.25) is 5.91 Å². The Hall–Kier alpha value is -0.300. The minimum Gasteiger partial charge on any atom is -0.391 e. The molecule has 0 spiro atoms. The smallest absolute Gasteiger partial charge is 0.236 e. The number of nitrogens with two attached hydrogens (primary N) is 1. The molecule has 1 amide bonds. The van der Waals surface area contributed by atoms with Gasteiger partial charge < -0.3 is 20.9 Å². The van der Waals surface area contributed by atoms with Crippen LogP contribution in [0.4, 0.5) is 0 Å². The largest absolute Gasteiger partial charge is 0.391 e. The molecule has 0 rings (SSSR count). The molecule has 0 aromatic heterocycles. The Morgan fingerprint density at radius 2 is 2.25 bits per heavy atom. The second-order valence-corrected chi connectivity index (χ2v) is 4.56. The van der Waals surface area contributed by atoms with Crippen molar-refractivity contribution >= 4 is 17.7 Å². The van der Waals surface area contributed by atoms with Gasteiger partial charge in [-0.25, -0.2) is 0 Å². The van der Waals surface area contributed by atoms with Crippen LogP contribution in [0.1, 0.15) is 12.8 Å². The highest BCUT2D eigenvalue weighted by Crippen LogP contribution is 1.98. The number of aliphatic hydroxyl groups is 1. The van der Waals surface area contributed by atoms with E-state index in [4.69, 9.17) is 10.5 Å². The van der Waals surface area contributed by atoms with E-state index in [1.165, 1.54) is 7.11 Å². The van der Waals surface area contributed by atoms with Gasteiger partial charge in [0.05, 0.1) is 18.8 Å². The third kappa shape index (κ3) is 7.92. The Morgan fingerprint density at radius 1 is 1.56 bits per heavy atom. The van der Waals surface area contributed by atoms with Crippen LogP contribution in [0.3, 0.4) is 0 Å². The van der Waals surface area contributed by atoms with Crippen molar-refractivity contribution in [1.82, 2.24) is 5.32 Å². The van der Waals surface area contributed by atoms with E-state index in [1.807, 2.05) is 6.26 Å². The summed E-state index contributed by atoms with van der Waals surface area (Å²) in [7, 11) is 1.53. The second-order valence-electron chi connectivity index (χ2n) is 3.58. The Labute approximate surface area is 101 Å². The zero-order valence-electron chi connectivity index (χ0n) is 9.94. The first kappa shape index (κ1) is 15.7. The quantitative estimate of drug-likeness (QED) is 0.517. The molecule has 0 aromatic rings. The maximum atomic E-state index is 11.4. The van der Waals surface area contributed by atoms with E-state index in [2.05, 4.69) is 5.32 Å². The highest BCUT2D eigenvalue weighted by Gasteiger charge is 2.12. The van der Waals surface area contributed by atoms with Crippen LogP contribution in [0.5, 0.6) is 0 Å². The first-order valence-electron chi connectivity index (χ1n) is 5.31. The number of methoxy groups -OCH3 is 1. The number of carbonyl (C=O) groups excluding carboxylic acids is 1. The monoisotopic (exact) mass is 250 g/mol. The molecule has 0 saturated heterocycles. The molecular weight excluding hydrogens is 228 g/mol. The third-order valence-electron chi connectivity index (χ3n) is 2.11. The van der Waals surface area contributed by atoms with Gasteiger partial charge in [-0.2, -0.15) is 11.8 Å². The maximum Gasteiger partial charge on any atom is 0.236 e. The molecule has 96 valence electrons. The first-order valence-corrected chi connectivity index (χ1v) is 6.70. The van der Waals surface area contributed by atoms with E-state index in [1.54, 1.807) is 11.8 Å². The number of nitrogens with one attached hydrogen (secondary N) is 1. The summed E-state index contributed by atoms with van der Waals surface area (Å²) in [5.41, 5.74) is 5.67. The predicted molar refractivity (Wildman–Crippen MR) is 66.5 cm³/mol. The molecule has 0 aliphatic carbocycles. The predicted octanol–water partition coefficient (Wildman–Crippen LogP) is -0.420. The van der Waals surface area contributed by atoms with Crippen LogP contribution in [0.15, 0.2) is 0 Å². The van der Waals surface area contributed by atoms with Crippen molar-refractivity contribution in [2.45, 2.75) is 25.0 Å². The zero-order chi connectivity index (χ0) is 12.4. The molecule has 6 heteroatoms. The van der Waals surface area contributed by atoms with Crippen LogP contribution in [-0.2, 0) is 9.53 Å². The number of thioether (sulfide) groups is 1. The van der Waals surface area contributed by atoms with Crippen molar-refractivity contribution in [3.63, 3.8) is 0 Å². The SMILES string of the molecule is COCC(O)CCNC(=O)[C@@H](N)CCSC. The van der Waals surface area contributed by atoms with Crippen molar-refractivity contribution in [2.24, 2.45) is 5.73 Å². The highest BCUT2D eigenvalue weighted by atomic mass is 32.2. The van der Waals surface area contributed by atoms with E-state index >= 15 is 0 Å². The summed E-state index contributed by atoms with van der Waals surface area (Å²) < 4.78 is 4.77. The first-order chi connectivity index (χ1) is 7.61. The van der Waals surface area contributed by atoms with Gasteiger partial charge >= 0.3 is 0 Å². The van der Waals surface area contributed by atoms with E-state index in [9.17, 15) is 9.90 Å². The van der Waals surface area contributed by atoms with E-state index in [0.717, 1.165) is 5.75 Å². The number of hydrogen-bond donors (Lipinski definition) is 3. The van der Waals surface area contributed by atoms with Crippen LogP contribution >= 0.6 is 11.8 Å². The molecule has 0 radical (unpaired) electrons. The molecule has 0 bridgehead atoms. The van der Waals surface area contributed by atoms with Crippen molar-refractivity contribution in [2.75, 3.05) is 32.3 Å². The molecule has 0 aliphatic heterocycles. The average molecular weight is 250 g/mol. The average Bonchev–Trinajstić information content (AvgIpc) is 2.26. The summed E-state index contributed by atoms with van der Waals surface area (Å²) in [5, 5.41) is 12.0. The van der Waals surface area contributed by atoms with Gasteiger partial charge in [0.1, 0.15) is 0 Å². The maximum absolute atomic E-state index is 11.4. The van der Waals surface area contributed by atoms with Gasteiger partial charge in [-0.15, -0.1) is 0 Å². The Morgan fingerprint density at radius 3 is 2.81 bits per heavy atom. The van der Waals surface area contributed by atoms with Gasteiger partial charge in [0.25, 0.3) is 0 Å². The lowest BCUT2D eigenvalue weighted by molar-refractivity contribution is -0.122. The van der Waals surface area contributed by atoms with Crippen molar-refractivity contribution < 1.29 is 14.6 Å². The van der Waals surface area contributed by atoms with Crippen LogP contribution in [0, 0.1) is 0 Å². The third-order valence-corrected chi connectivity index (χ3v) is 2.75. The molecular formula is C10H22N2O3S. The summed E-state index contributed by atoms with van der Waals surface area (Å²) in [5.74, 6) is 0.722. The van der Waals surface area contributed by atoms with Crippen molar-refractivity contribution in [1.29, 1.82) is 0 Å². The molecule has 0 heterocycles. The van der Waals surface area contributed by atoms with Crippen LogP contribution in [-0.4, -0.2) is 55.4 Å². The van der Waals surface area contributed by atoms with Crippen molar-refractivity contribution in [3.8, 4) is 0 Å². The summed E-state index contributed by atoms with van der Waals surface area (Å²) in [6, 6.07) is -0.452. The topological polar surface area (TPSA) is 84.6 Å². The number of aliphatic hydroxyl groups excluding tert-OH is 1. The van der Waals surface area contributed by atoms with Gasteiger partial charge in [-0.05, 0) is 24.9 Å². The van der Waals surface area contributed by atoms with E-state index in [-0.39, 0.29) is 12.5 Å². The van der Waals surface area contributed by atoms with Gasteiger partial charge in [-0.1, -0.05) is 0 Å². The summed E-state index contributed by atoms with van der Waals surface area (Å²) in [4.78, 5) is 11.4. The number of amides is 1. The fourth-order valence-corrected chi connectivity index (χ4v) is 1.63. The Kier molecular flexibility index (Phi) is 9.71. The van der Waals surface area contributed by atoms with Crippen LogP contribution in [0.2, 0.25) is 0 Å². The lowest BCUT2D eigenvalue weighted by Gasteiger charge is -2.13. The second kappa shape index (κ2) is 9.89. The lowest BCUT2D eigenvalue weighted by Crippen LogP contribution is -2.42. The molecule has 2 atom stereocenters. The zero-order valence-corrected chi connectivity index (χ0v) is 10.8. The molecule has 0 aromatic carbocycles. The Balaban J connectivity index is 3.56. The number of carbonyl (C=O) groups is 1. The standard InChI is InChI=1S/C10H22N2O3S/c1-15-7-8(13)3-5-12-10(14)9(11)4-6-16-2/h8-9,13H,3-7,11H2,1-2H3,(H,12,14)/t8?,9-/m0/s1. The summed E-state index contributed by atoms with van der Waals surface area (Å²) in [6.45, 7) is 0.713. The summed E-state index contributed by atoms with van der Waals surface area (Å²) in [6.07, 6.45) is 2.60. The molecule has 0 saturated carbocycles. The molecule has 16 heavy (non-hydrogen) atoms. The highest BCUT2D eigenvalue weighted by molar-refractivity contribution is 7.98. The van der Waals surface area contributed by atoms with Crippen LogP contribution < -0.4 is 11.1 Å². The molecule has 0 fully saturated rings. The summed E-state index contributed by atoms with van der Waals surface area (Å²) >= 11 is 1.67. The minimum absolute atomic E-state index is 0.154. The normalized spacial score (nSPS) is 14.5.